The molecule has 0 aromatic carbocycles. The standard InChI is InChI=1S/C14H21NOS/c1-2-3-4-5-6-7-8-12-9-10-13(14(16)17)15-11-12/h9-11H,2-8H2,1H3,(H,16,17)/p-1. The average molecular weight is 250 g/mol. The summed E-state index contributed by atoms with van der Waals surface area (Å²) in [6.07, 6.45) is 10.6. The fourth-order valence-corrected chi connectivity index (χ4v) is 1.92. The summed E-state index contributed by atoms with van der Waals surface area (Å²) < 4.78 is 0. The number of hydrogen-bond donors (Lipinski definition) is 0. The Labute approximate surface area is 109 Å². The van der Waals surface area contributed by atoms with Gasteiger partial charge in [0, 0.05) is 6.20 Å². The van der Waals surface area contributed by atoms with Crippen molar-refractivity contribution in [3.05, 3.63) is 29.6 Å². The summed E-state index contributed by atoms with van der Waals surface area (Å²) in [5, 5.41) is -0.379. The molecule has 94 valence electrons. The molecular formula is C14H20NOS-. The monoisotopic (exact) mass is 250 g/mol. The first-order valence-corrected chi connectivity index (χ1v) is 6.81. The van der Waals surface area contributed by atoms with E-state index in [0.717, 1.165) is 6.42 Å². The van der Waals surface area contributed by atoms with E-state index in [4.69, 9.17) is 0 Å². The highest BCUT2D eigenvalue weighted by molar-refractivity contribution is 7.77. The summed E-state index contributed by atoms with van der Waals surface area (Å²) in [4.78, 5) is 14.9. The van der Waals surface area contributed by atoms with Crippen molar-refractivity contribution in [2.75, 3.05) is 0 Å². The van der Waals surface area contributed by atoms with Crippen molar-refractivity contribution in [2.24, 2.45) is 0 Å². The summed E-state index contributed by atoms with van der Waals surface area (Å²) in [5.74, 6) is 0. The van der Waals surface area contributed by atoms with Crippen molar-refractivity contribution in [3.8, 4) is 0 Å². The molecule has 0 aliphatic heterocycles. The number of aromatic nitrogens is 1. The molecule has 1 heterocycles. The number of aryl methyl sites for hydroxylation is 1. The van der Waals surface area contributed by atoms with Crippen LogP contribution in [0.15, 0.2) is 18.3 Å². The summed E-state index contributed by atoms with van der Waals surface area (Å²) in [7, 11) is 0. The van der Waals surface area contributed by atoms with Gasteiger partial charge in [-0.15, -0.1) is 0 Å². The van der Waals surface area contributed by atoms with Crippen LogP contribution in [-0.4, -0.2) is 10.1 Å². The Balaban J connectivity index is 2.21. The van der Waals surface area contributed by atoms with Gasteiger partial charge in [-0.05, 0) is 24.5 Å². The Bertz CT molecular complexity index is 335. The summed E-state index contributed by atoms with van der Waals surface area (Å²) in [6.45, 7) is 2.23. The van der Waals surface area contributed by atoms with Crippen molar-refractivity contribution in [1.29, 1.82) is 0 Å². The first-order chi connectivity index (χ1) is 8.24. The van der Waals surface area contributed by atoms with Gasteiger partial charge in [0.2, 0.25) is 0 Å². The van der Waals surface area contributed by atoms with E-state index in [1.165, 1.54) is 44.1 Å². The third-order valence-electron chi connectivity index (χ3n) is 2.85. The van der Waals surface area contributed by atoms with Crippen molar-refractivity contribution in [3.63, 3.8) is 0 Å². The maximum atomic E-state index is 10.9. The third-order valence-corrected chi connectivity index (χ3v) is 3.06. The largest absolute Gasteiger partial charge is 0.735 e. The molecule has 0 spiro atoms. The van der Waals surface area contributed by atoms with Crippen LogP contribution in [0.5, 0.6) is 0 Å². The number of carbonyl (C=O) groups excluding carboxylic acids is 1. The van der Waals surface area contributed by atoms with Gasteiger partial charge in [-0.2, -0.15) is 0 Å². The van der Waals surface area contributed by atoms with Gasteiger partial charge < -0.3 is 17.4 Å². The lowest BCUT2D eigenvalue weighted by Crippen LogP contribution is -1.98. The topological polar surface area (TPSA) is 30.0 Å². The van der Waals surface area contributed by atoms with Gasteiger partial charge in [0.1, 0.15) is 0 Å². The Kier molecular flexibility index (Phi) is 6.78. The highest BCUT2D eigenvalue weighted by Gasteiger charge is 1.97. The number of pyridine rings is 1. The van der Waals surface area contributed by atoms with Crippen LogP contribution in [0.25, 0.3) is 0 Å². The van der Waals surface area contributed by atoms with Crippen LogP contribution >= 0.6 is 0 Å². The molecule has 0 radical (unpaired) electrons. The van der Waals surface area contributed by atoms with Crippen LogP contribution in [-0.2, 0) is 19.0 Å². The number of unbranched alkanes of at least 4 members (excludes halogenated alkanes) is 5. The lowest BCUT2D eigenvalue weighted by atomic mass is 10.1. The highest BCUT2D eigenvalue weighted by atomic mass is 32.1. The highest BCUT2D eigenvalue weighted by Crippen LogP contribution is 2.09. The fourth-order valence-electron chi connectivity index (χ4n) is 1.80. The van der Waals surface area contributed by atoms with Crippen LogP contribution in [0, 0.1) is 0 Å². The van der Waals surface area contributed by atoms with Crippen LogP contribution < -0.4 is 0 Å². The molecule has 2 nitrogen and oxygen atoms in total. The maximum Gasteiger partial charge on any atom is 0.0828 e. The first-order valence-electron chi connectivity index (χ1n) is 6.40. The van der Waals surface area contributed by atoms with Crippen molar-refractivity contribution >= 4 is 17.7 Å². The average Bonchev–Trinajstić information content (AvgIpc) is 2.34. The van der Waals surface area contributed by atoms with Gasteiger partial charge in [0.05, 0.1) is 10.8 Å². The van der Waals surface area contributed by atoms with Gasteiger partial charge in [0.25, 0.3) is 0 Å². The molecule has 1 aromatic heterocycles. The number of carbonyl (C=O) groups is 1. The Morgan fingerprint density at radius 2 is 1.88 bits per heavy atom. The fraction of sp³-hybridized carbons (Fsp3) is 0.571. The van der Waals surface area contributed by atoms with Gasteiger partial charge in [0.15, 0.2) is 0 Å². The normalized spacial score (nSPS) is 10.4. The Morgan fingerprint density at radius 1 is 1.18 bits per heavy atom. The second-order valence-corrected chi connectivity index (χ2v) is 4.73. The van der Waals surface area contributed by atoms with Crippen molar-refractivity contribution in [1.82, 2.24) is 4.98 Å². The second-order valence-electron chi connectivity index (χ2n) is 4.36. The summed E-state index contributed by atoms with van der Waals surface area (Å²) in [5.41, 5.74) is 1.58. The van der Waals surface area contributed by atoms with Gasteiger partial charge in [-0.25, -0.2) is 0 Å². The van der Waals surface area contributed by atoms with E-state index in [-0.39, 0.29) is 5.12 Å². The van der Waals surface area contributed by atoms with E-state index in [1.54, 1.807) is 12.3 Å². The Morgan fingerprint density at radius 3 is 2.47 bits per heavy atom. The van der Waals surface area contributed by atoms with E-state index >= 15 is 0 Å². The SMILES string of the molecule is CCCCCCCCc1ccc(C(=O)[S-])nc1. The van der Waals surface area contributed by atoms with Crippen molar-refractivity contribution < 1.29 is 4.79 Å². The summed E-state index contributed by atoms with van der Waals surface area (Å²) >= 11 is 4.53. The van der Waals surface area contributed by atoms with E-state index in [1.807, 2.05) is 6.07 Å². The minimum absolute atomic E-state index is 0.379. The maximum absolute atomic E-state index is 10.9. The van der Waals surface area contributed by atoms with E-state index < -0.39 is 0 Å². The predicted octanol–water partition coefficient (Wildman–Crippen LogP) is 3.67. The quantitative estimate of drug-likeness (QED) is 0.521. The molecule has 0 unspecified atom stereocenters. The molecule has 0 amide bonds. The van der Waals surface area contributed by atoms with Crippen molar-refractivity contribution in [2.45, 2.75) is 51.9 Å². The molecule has 0 atom stereocenters. The third kappa shape index (κ3) is 5.78. The van der Waals surface area contributed by atoms with Gasteiger partial charge in [-0.1, -0.05) is 45.1 Å². The van der Waals surface area contributed by atoms with E-state index in [9.17, 15) is 4.79 Å². The van der Waals surface area contributed by atoms with Crippen LogP contribution in [0.4, 0.5) is 0 Å². The molecule has 1 aromatic rings. The molecule has 0 bridgehead atoms. The zero-order valence-electron chi connectivity index (χ0n) is 10.4. The Hall–Kier alpha value is -0.960. The zero-order valence-corrected chi connectivity index (χ0v) is 11.3. The molecule has 0 saturated carbocycles. The number of nitrogens with zero attached hydrogens (tertiary/aromatic N) is 1. The lowest BCUT2D eigenvalue weighted by Gasteiger charge is -2.05. The molecular weight excluding hydrogens is 230 g/mol. The molecule has 0 aliphatic rings. The number of hydrogen-bond acceptors (Lipinski definition) is 3. The zero-order chi connectivity index (χ0) is 12.5. The van der Waals surface area contributed by atoms with E-state index in [0.29, 0.717) is 5.69 Å². The van der Waals surface area contributed by atoms with Crippen LogP contribution in [0.1, 0.15) is 61.5 Å². The minimum atomic E-state index is -0.379. The minimum Gasteiger partial charge on any atom is -0.735 e. The lowest BCUT2D eigenvalue weighted by molar-refractivity contribution is 0.108. The van der Waals surface area contributed by atoms with Crippen LogP contribution in [0.3, 0.4) is 0 Å². The molecule has 0 aliphatic carbocycles. The summed E-state index contributed by atoms with van der Waals surface area (Å²) in [6, 6.07) is 3.68. The van der Waals surface area contributed by atoms with Gasteiger partial charge in [-0.3, -0.25) is 4.98 Å². The molecule has 3 heteroatoms. The van der Waals surface area contributed by atoms with E-state index in [2.05, 4.69) is 24.5 Å². The molecule has 1 rings (SSSR count). The van der Waals surface area contributed by atoms with Gasteiger partial charge >= 0.3 is 0 Å². The molecule has 0 fully saturated rings. The smallest absolute Gasteiger partial charge is 0.0828 e. The molecule has 17 heavy (non-hydrogen) atoms. The predicted molar refractivity (Wildman–Crippen MR) is 73.0 cm³/mol. The molecule has 0 saturated heterocycles. The second kappa shape index (κ2) is 8.18. The number of rotatable bonds is 8. The first kappa shape index (κ1) is 14.1. The molecule has 0 N–H and O–H groups in total. The van der Waals surface area contributed by atoms with Crippen LogP contribution in [0.2, 0.25) is 0 Å².